The highest BCUT2D eigenvalue weighted by Gasteiger charge is 2.74. The quantitative estimate of drug-likeness (QED) is 0.619. The summed E-state index contributed by atoms with van der Waals surface area (Å²) in [6.07, 6.45) is 12.0. The molecule has 0 heterocycles. The minimum Gasteiger partial charge on any atom is -0.179 e. The molecular weight excluding hydrogens is 324 g/mol. The van der Waals surface area contributed by atoms with Crippen LogP contribution in [0, 0.1) is 40.9 Å². The Kier molecular flexibility index (Phi) is 3.85. The molecule has 0 amide bonds. The van der Waals surface area contributed by atoms with Crippen LogP contribution in [0.2, 0.25) is 0 Å². The topological polar surface area (TPSA) is 0 Å². The van der Waals surface area contributed by atoms with Crippen LogP contribution in [0.4, 0.5) is 0 Å². The van der Waals surface area contributed by atoms with Gasteiger partial charge in [-0.05, 0) is 104 Å². The van der Waals surface area contributed by atoms with E-state index < -0.39 is 0 Å². The summed E-state index contributed by atoms with van der Waals surface area (Å²) in [5, 5.41) is 1.77. The van der Waals surface area contributed by atoms with E-state index in [0.717, 1.165) is 57.2 Å². The summed E-state index contributed by atoms with van der Waals surface area (Å²) < 4.78 is 0. The van der Waals surface area contributed by atoms with Gasteiger partial charge in [0.1, 0.15) is 0 Å². The zero-order chi connectivity index (χ0) is 14.9. The molecule has 0 nitrogen and oxygen atoms in total. The van der Waals surface area contributed by atoms with E-state index in [4.69, 9.17) is 12.6 Å². The smallest absolute Gasteiger partial charge is 0.00837 e. The molecule has 5 fully saturated rings. The van der Waals surface area contributed by atoms with Gasteiger partial charge in [0.05, 0.1) is 0 Å². The summed E-state index contributed by atoms with van der Waals surface area (Å²) in [4.78, 5) is 0. The molecule has 1 spiro atoms. The highest BCUT2D eigenvalue weighted by atomic mass is 32.2. The third-order valence-corrected chi connectivity index (χ3v) is 10.6. The molecule has 5 saturated carbocycles. The van der Waals surface area contributed by atoms with Gasteiger partial charge in [0.15, 0.2) is 0 Å². The fourth-order valence-corrected chi connectivity index (χ4v) is 10.0. The molecular formula is C19H30S3. The lowest BCUT2D eigenvalue weighted by atomic mass is 9.61. The largest absolute Gasteiger partial charge is 0.179 e. The molecule has 5 aliphatic rings. The molecule has 124 valence electrons. The zero-order valence-electron chi connectivity index (χ0n) is 13.5. The molecule has 9 unspecified atom stereocenters. The van der Waals surface area contributed by atoms with Crippen molar-refractivity contribution >= 4 is 37.0 Å². The molecule has 0 aromatic heterocycles. The number of thioether (sulfide) groups is 1. The Morgan fingerprint density at radius 2 is 1.95 bits per heavy atom. The molecule has 2 bridgehead atoms. The van der Waals surface area contributed by atoms with Crippen molar-refractivity contribution in [3.8, 4) is 0 Å². The predicted molar refractivity (Wildman–Crippen MR) is 103 cm³/mol. The van der Waals surface area contributed by atoms with E-state index in [1.54, 1.807) is 19.3 Å². The summed E-state index contributed by atoms with van der Waals surface area (Å²) >= 11 is 11.7. The summed E-state index contributed by atoms with van der Waals surface area (Å²) in [5.41, 5.74) is 0.850. The second-order valence-electron chi connectivity index (χ2n) is 9.06. The van der Waals surface area contributed by atoms with Crippen molar-refractivity contribution in [2.75, 3.05) is 11.5 Å². The number of thiol groups is 2. The third-order valence-electron chi connectivity index (χ3n) is 8.37. The van der Waals surface area contributed by atoms with Crippen molar-refractivity contribution in [1.29, 1.82) is 0 Å². The van der Waals surface area contributed by atoms with Gasteiger partial charge < -0.3 is 0 Å². The van der Waals surface area contributed by atoms with Gasteiger partial charge in [-0.15, -0.1) is 0 Å². The Labute approximate surface area is 151 Å². The van der Waals surface area contributed by atoms with Crippen LogP contribution >= 0.6 is 37.0 Å². The van der Waals surface area contributed by atoms with Crippen LogP contribution in [0.5, 0.6) is 0 Å². The Hall–Kier alpha value is 1.05. The summed E-state index contributed by atoms with van der Waals surface area (Å²) in [5.74, 6) is 8.87. The van der Waals surface area contributed by atoms with Crippen LogP contribution < -0.4 is 0 Å². The maximum atomic E-state index is 4.84. The Bertz CT molecular complexity index is 452. The number of rotatable bonds is 6. The Balaban J connectivity index is 1.11. The lowest BCUT2D eigenvalue weighted by Crippen LogP contribution is -2.41. The summed E-state index contributed by atoms with van der Waals surface area (Å²) in [6.45, 7) is 0. The van der Waals surface area contributed by atoms with Crippen molar-refractivity contribution in [2.45, 2.75) is 61.9 Å². The first-order chi connectivity index (χ1) is 10.7. The van der Waals surface area contributed by atoms with Crippen LogP contribution in [0.3, 0.4) is 0 Å². The average molecular weight is 355 g/mol. The highest BCUT2D eigenvalue weighted by Crippen LogP contribution is 2.80. The third kappa shape index (κ3) is 2.13. The molecule has 9 atom stereocenters. The molecule has 0 aliphatic heterocycles. The van der Waals surface area contributed by atoms with E-state index >= 15 is 0 Å². The molecule has 0 aromatic rings. The normalized spacial score (nSPS) is 57.5. The minimum atomic E-state index is 0.741. The number of hydrogen-bond donors (Lipinski definition) is 2. The molecule has 5 aliphatic carbocycles. The van der Waals surface area contributed by atoms with Crippen LogP contribution in [0.15, 0.2) is 0 Å². The van der Waals surface area contributed by atoms with Crippen LogP contribution in [0.1, 0.15) is 51.4 Å². The maximum absolute atomic E-state index is 4.84. The lowest BCUT2D eigenvalue weighted by molar-refractivity contribution is 0.0576. The van der Waals surface area contributed by atoms with Gasteiger partial charge in [-0.3, -0.25) is 0 Å². The van der Waals surface area contributed by atoms with E-state index in [9.17, 15) is 0 Å². The Morgan fingerprint density at radius 1 is 1.05 bits per heavy atom. The van der Waals surface area contributed by atoms with E-state index in [2.05, 4.69) is 24.4 Å². The van der Waals surface area contributed by atoms with Crippen molar-refractivity contribution in [2.24, 2.45) is 40.9 Å². The fourth-order valence-electron chi connectivity index (χ4n) is 7.34. The maximum Gasteiger partial charge on any atom is 0.00837 e. The van der Waals surface area contributed by atoms with Gasteiger partial charge in [0, 0.05) is 10.5 Å². The van der Waals surface area contributed by atoms with Gasteiger partial charge in [-0.25, -0.2) is 0 Å². The van der Waals surface area contributed by atoms with Gasteiger partial charge in [-0.1, -0.05) is 0 Å². The molecule has 22 heavy (non-hydrogen) atoms. The molecule has 0 aromatic carbocycles. The van der Waals surface area contributed by atoms with E-state index in [1.807, 2.05) is 0 Å². The Morgan fingerprint density at radius 3 is 2.73 bits per heavy atom. The summed E-state index contributed by atoms with van der Waals surface area (Å²) in [7, 11) is 0. The molecule has 3 heteroatoms. The average Bonchev–Trinajstić information content (AvgIpc) is 2.84. The van der Waals surface area contributed by atoms with Crippen molar-refractivity contribution in [3.63, 3.8) is 0 Å². The van der Waals surface area contributed by atoms with Crippen molar-refractivity contribution in [3.05, 3.63) is 0 Å². The van der Waals surface area contributed by atoms with Crippen LogP contribution in [-0.4, -0.2) is 22.0 Å². The second-order valence-corrected chi connectivity index (χ2v) is 11.5. The van der Waals surface area contributed by atoms with Crippen molar-refractivity contribution < 1.29 is 0 Å². The molecule has 0 radical (unpaired) electrons. The highest BCUT2D eigenvalue weighted by molar-refractivity contribution is 7.99. The lowest BCUT2D eigenvalue weighted by Gasteiger charge is -2.46. The first kappa shape index (κ1) is 15.3. The van der Waals surface area contributed by atoms with E-state index in [-0.39, 0.29) is 0 Å². The van der Waals surface area contributed by atoms with E-state index in [0.29, 0.717) is 0 Å². The van der Waals surface area contributed by atoms with Gasteiger partial charge in [0.25, 0.3) is 0 Å². The van der Waals surface area contributed by atoms with Gasteiger partial charge in [0.2, 0.25) is 0 Å². The molecule has 0 saturated heterocycles. The SMILES string of the molecule is SCCC1CC2C(SCCC3CC4CC(S)C3C4)CC3CC132. The number of hydrogen-bond acceptors (Lipinski definition) is 3. The monoisotopic (exact) mass is 354 g/mol. The number of fused-ring (bicyclic) bond motifs is 2. The molecule has 5 rings (SSSR count). The summed E-state index contributed by atoms with van der Waals surface area (Å²) in [6, 6.07) is 0. The second kappa shape index (κ2) is 5.53. The van der Waals surface area contributed by atoms with Gasteiger partial charge >= 0.3 is 0 Å². The van der Waals surface area contributed by atoms with Crippen LogP contribution in [-0.2, 0) is 0 Å². The minimum absolute atomic E-state index is 0.741. The zero-order valence-corrected chi connectivity index (χ0v) is 16.1. The predicted octanol–water partition coefficient (Wildman–Crippen LogP) is 5.19. The van der Waals surface area contributed by atoms with Crippen molar-refractivity contribution in [1.82, 2.24) is 0 Å². The van der Waals surface area contributed by atoms with Crippen LogP contribution in [0.25, 0.3) is 0 Å². The molecule has 0 N–H and O–H groups in total. The first-order valence-electron chi connectivity index (χ1n) is 9.63. The first-order valence-corrected chi connectivity index (χ1v) is 11.8. The standard InChI is InChI=1S/C19H30S3/c20-3-1-13-8-16-18(9-14-10-19(13,14)16)22-4-2-12-5-11-6-15(12)17(21)7-11/h11-18,20-21H,1-10H2. The van der Waals surface area contributed by atoms with Gasteiger partial charge in [-0.2, -0.15) is 37.0 Å². The van der Waals surface area contributed by atoms with E-state index in [1.165, 1.54) is 37.9 Å². The fraction of sp³-hybridized carbons (Fsp3) is 1.00.